The lowest BCUT2D eigenvalue weighted by Crippen LogP contribution is -2.28. The Balaban J connectivity index is 3.56. The summed E-state index contributed by atoms with van der Waals surface area (Å²) in [6, 6.07) is 0. The molecule has 0 saturated heterocycles. The molecule has 3 heteroatoms. The Morgan fingerprint density at radius 1 is 2.00 bits per heavy atom. The van der Waals surface area contributed by atoms with Gasteiger partial charge in [-0.1, -0.05) is 0 Å². The fraction of sp³-hybridized carbons (Fsp3) is 0.667. The van der Waals surface area contributed by atoms with Crippen molar-refractivity contribution in [3.63, 3.8) is 0 Å². The van der Waals surface area contributed by atoms with Gasteiger partial charge >= 0.3 is 0 Å². The summed E-state index contributed by atoms with van der Waals surface area (Å²) < 4.78 is 6.36. The van der Waals surface area contributed by atoms with Gasteiger partial charge in [0.15, 0.2) is 7.37 Å². The maximum absolute atomic E-state index is 6.36. The van der Waals surface area contributed by atoms with Crippen LogP contribution in [-0.4, -0.2) is 25.0 Å². The first-order chi connectivity index (χ1) is 3.18. The normalized spacial score (nSPS) is 13.7. The van der Waals surface area contributed by atoms with Gasteiger partial charge in [0.05, 0.1) is 0 Å². The lowest BCUT2D eigenvalue weighted by Gasteiger charge is -2.05. The fourth-order valence-electron chi connectivity index (χ4n) is 0. The van der Waals surface area contributed by atoms with Gasteiger partial charge in [0.1, 0.15) is 0 Å². The highest BCUT2D eigenvalue weighted by atomic mass is 15.2. The zero-order valence-corrected chi connectivity index (χ0v) is 3.97. The van der Waals surface area contributed by atoms with E-state index < -0.39 is 0 Å². The Bertz CT molecular complexity index is 78.2. The zero-order valence-electron chi connectivity index (χ0n) is 4.97. The molecule has 0 unspecified atom stereocenters. The molecule has 0 bridgehead atoms. The van der Waals surface area contributed by atoms with E-state index in [2.05, 4.69) is 5.40 Å². The minimum atomic E-state index is 0.222. The third kappa shape index (κ3) is 1.58. The van der Waals surface area contributed by atoms with Gasteiger partial charge in [0.25, 0.3) is 0 Å². The number of hydrogen-bond acceptors (Lipinski definition) is 1. The SMILES string of the molecule is [2H]N=C(N)N(C)C. The van der Waals surface area contributed by atoms with E-state index in [0.29, 0.717) is 0 Å². The van der Waals surface area contributed by atoms with Gasteiger partial charge in [-0.05, 0) is 0 Å². The van der Waals surface area contributed by atoms with Crippen molar-refractivity contribution in [3.05, 3.63) is 0 Å². The lowest BCUT2D eigenvalue weighted by atomic mass is 10.8. The number of nitrogens with zero attached hydrogens (tertiary/aromatic N) is 1. The van der Waals surface area contributed by atoms with Crippen molar-refractivity contribution in [2.75, 3.05) is 14.1 Å². The van der Waals surface area contributed by atoms with E-state index in [-0.39, 0.29) is 5.96 Å². The van der Waals surface area contributed by atoms with Crippen molar-refractivity contribution in [2.24, 2.45) is 5.73 Å². The third-order valence-corrected chi connectivity index (χ3v) is 0.458. The van der Waals surface area contributed by atoms with Crippen LogP contribution >= 0.6 is 0 Å². The number of hydrogen-bond donors (Lipinski definition) is 2. The molecule has 0 radical (unpaired) electrons. The molecule has 0 heterocycles. The summed E-state index contributed by atoms with van der Waals surface area (Å²) in [5.74, 6) is 0.222. The summed E-state index contributed by atoms with van der Waals surface area (Å²) in [6.45, 7) is 0. The van der Waals surface area contributed by atoms with Crippen molar-refractivity contribution >= 4 is 5.96 Å². The largest absolute Gasteiger partial charge is 0.370 e. The zero-order chi connectivity index (χ0) is 5.86. The van der Waals surface area contributed by atoms with E-state index in [1.165, 1.54) is 0 Å². The lowest BCUT2D eigenvalue weighted by molar-refractivity contribution is 0.609. The Morgan fingerprint density at radius 2 is 2.50 bits per heavy atom. The molecule has 6 heavy (non-hydrogen) atoms. The summed E-state index contributed by atoms with van der Waals surface area (Å²) in [7, 11) is 3.46. The topological polar surface area (TPSA) is 53.1 Å². The van der Waals surface area contributed by atoms with Crippen LogP contribution in [0.1, 0.15) is 0 Å². The summed E-state index contributed by atoms with van der Waals surface area (Å²) in [5.41, 5.74) is 5.10. The van der Waals surface area contributed by atoms with Crippen molar-refractivity contribution in [3.8, 4) is 0 Å². The number of rotatable bonds is 0. The van der Waals surface area contributed by atoms with Gasteiger partial charge in [-0.25, -0.2) is 0 Å². The summed E-state index contributed by atoms with van der Waals surface area (Å²) in [5, 5.41) is 2.96. The molecule has 3 nitrogen and oxygen atoms in total. The standard InChI is InChI=1S/C3H9N3/c1-6(2)3(4)5/h1-2H3,(H3,4,5)/i/hD. The molecule has 0 aromatic rings. The summed E-state index contributed by atoms with van der Waals surface area (Å²) >= 11 is 0. The molecule has 0 spiro atoms. The summed E-state index contributed by atoms with van der Waals surface area (Å²) in [4.78, 5) is 1.56. The molecule has 3 N–H and O–H groups in total. The van der Waals surface area contributed by atoms with Crippen LogP contribution in [-0.2, 0) is 0 Å². The molecular weight excluding hydrogens is 78.1 g/mol. The Labute approximate surface area is 38.7 Å². The van der Waals surface area contributed by atoms with Crippen molar-refractivity contribution < 1.29 is 1.41 Å². The van der Waals surface area contributed by atoms with Crippen LogP contribution in [0.4, 0.5) is 0 Å². The minimum absolute atomic E-state index is 0.222. The van der Waals surface area contributed by atoms with Gasteiger partial charge in [-0.15, -0.1) is 0 Å². The first-order valence-electron chi connectivity index (χ1n) is 2.08. The molecule has 0 aliphatic heterocycles. The van der Waals surface area contributed by atoms with Gasteiger partial charge in [0.2, 0.25) is 0 Å². The average Bonchev–Trinajstić information content (AvgIpc) is 1.65. The monoisotopic (exact) mass is 88.1 g/mol. The molecule has 0 aliphatic rings. The van der Waals surface area contributed by atoms with Crippen LogP contribution in [0.25, 0.3) is 0 Å². The smallest absolute Gasteiger partial charge is 0.191 e. The fourth-order valence-corrected chi connectivity index (χ4v) is 0. The molecule has 0 amide bonds. The Kier molecular flexibility index (Phi) is 0.948. The van der Waals surface area contributed by atoms with Crippen LogP contribution in [0.15, 0.2) is 0 Å². The maximum Gasteiger partial charge on any atom is 0.191 e. The molecule has 0 atom stereocenters. The quantitative estimate of drug-likeness (QED) is 0.308. The van der Waals surface area contributed by atoms with Crippen molar-refractivity contribution in [2.45, 2.75) is 0 Å². The van der Waals surface area contributed by atoms with Crippen LogP contribution in [0.2, 0.25) is 1.41 Å². The van der Waals surface area contributed by atoms with Crippen LogP contribution in [0, 0.1) is 5.40 Å². The second kappa shape index (κ2) is 1.64. The van der Waals surface area contributed by atoms with E-state index in [0.717, 1.165) is 0 Å². The predicted octanol–water partition coefficient (Wildman–Crippen LogP) is -0.559. The molecule has 0 aromatic heterocycles. The van der Waals surface area contributed by atoms with Crippen molar-refractivity contribution in [1.82, 2.24) is 4.90 Å². The number of guanidine groups is 1. The molecule has 36 valence electrons. The van der Waals surface area contributed by atoms with Crippen LogP contribution < -0.4 is 5.73 Å². The second-order valence-electron chi connectivity index (χ2n) is 1.25. The average molecular weight is 88.1 g/mol. The van der Waals surface area contributed by atoms with Crippen LogP contribution in [0.5, 0.6) is 0 Å². The predicted molar refractivity (Wildman–Crippen MR) is 25.6 cm³/mol. The first kappa shape index (κ1) is 3.46. The van der Waals surface area contributed by atoms with Gasteiger partial charge in [-0.3, -0.25) is 5.40 Å². The minimum Gasteiger partial charge on any atom is -0.370 e. The van der Waals surface area contributed by atoms with E-state index in [1.807, 2.05) is 0 Å². The van der Waals surface area contributed by atoms with Crippen molar-refractivity contribution in [1.29, 1.82) is 5.40 Å². The van der Waals surface area contributed by atoms with E-state index >= 15 is 0 Å². The highest BCUT2D eigenvalue weighted by Crippen LogP contribution is 1.62. The molecule has 0 aromatic carbocycles. The molecule has 0 fully saturated rings. The molecule has 0 saturated carbocycles. The molecule has 0 rings (SSSR count). The number of nitrogens with one attached hydrogen (secondary N) is 1. The Hall–Kier alpha value is -0.730. The van der Waals surface area contributed by atoms with E-state index in [4.69, 9.17) is 7.15 Å². The van der Waals surface area contributed by atoms with Gasteiger partial charge in [0, 0.05) is 14.1 Å². The van der Waals surface area contributed by atoms with Crippen LogP contribution in [0.3, 0.4) is 0 Å². The van der Waals surface area contributed by atoms with Gasteiger partial charge < -0.3 is 10.6 Å². The molecular formula is C3H9N3. The molecule has 0 aliphatic carbocycles. The first-order valence-corrected chi connectivity index (χ1v) is 1.63. The second-order valence-corrected chi connectivity index (χ2v) is 1.25. The van der Waals surface area contributed by atoms with E-state index in [9.17, 15) is 0 Å². The highest BCUT2D eigenvalue weighted by Gasteiger charge is 1.82. The summed E-state index contributed by atoms with van der Waals surface area (Å²) in [6.07, 6.45) is 0. The number of nitrogens with two attached hydrogens (primary N) is 1. The Morgan fingerprint density at radius 3 is 2.50 bits per heavy atom. The maximum atomic E-state index is 6.36. The van der Waals surface area contributed by atoms with E-state index in [1.54, 1.807) is 19.0 Å². The third-order valence-electron chi connectivity index (χ3n) is 0.458. The highest BCUT2D eigenvalue weighted by molar-refractivity contribution is 5.73. The van der Waals surface area contributed by atoms with Gasteiger partial charge in [-0.2, -0.15) is 0 Å².